The quantitative estimate of drug-likeness (QED) is 0.827. The lowest BCUT2D eigenvalue weighted by Gasteiger charge is -2.17. The van der Waals surface area contributed by atoms with Crippen molar-refractivity contribution in [2.24, 2.45) is 0 Å². The van der Waals surface area contributed by atoms with Crippen LogP contribution in [0.1, 0.15) is 12.6 Å². The van der Waals surface area contributed by atoms with Gasteiger partial charge in [0.2, 0.25) is 0 Å². The minimum Gasteiger partial charge on any atom is -0.374 e. The van der Waals surface area contributed by atoms with Gasteiger partial charge in [-0.25, -0.2) is 4.98 Å². The van der Waals surface area contributed by atoms with Crippen LogP contribution in [0.5, 0.6) is 0 Å². The van der Waals surface area contributed by atoms with Crippen LogP contribution in [0, 0.1) is 0 Å². The number of nitrogens with one attached hydrogen (secondary N) is 1. The SMILES string of the molecule is C=C(c1cc2cccnc2[nH]1)N(C)CC. The Kier molecular flexibility index (Phi) is 2.46. The van der Waals surface area contributed by atoms with Crippen LogP contribution in [0.25, 0.3) is 16.7 Å². The Morgan fingerprint density at radius 1 is 1.60 bits per heavy atom. The summed E-state index contributed by atoms with van der Waals surface area (Å²) in [6, 6.07) is 6.06. The maximum atomic E-state index is 4.25. The van der Waals surface area contributed by atoms with E-state index >= 15 is 0 Å². The minimum absolute atomic E-state index is 0.915. The molecule has 0 saturated heterocycles. The van der Waals surface area contributed by atoms with Crippen molar-refractivity contribution in [2.45, 2.75) is 6.92 Å². The Morgan fingerprint density at radius 3 is 3.07 bits per heavy atom. The van der Waals surface area contributed by atoms with Crippen LogP contribution in [0.15, 0.2) is 31.0 Å². The van der Waals surface area contributed by atoms with E-state index in [1.54, 1.807) is 6.20 Å². The van der Waals surface area contributed by atoms with Gasteiger partial charge >= 0.3 is 0 Å². The Hall–Kier alpha value is -1.77. The molecule has 1 N–H and O–H groups in total. The maximum absolute atomic E-state index is 4.25. The molecule has 2 aromatic heterocycles. The molecule has 2 heterocycles. The summed E-state index contributed by atoms with van der Waals surface area (Å²) in [5.74, 6) is 0. The summed E-state index contributed by atoms with van der Waals surface area (Å²) in [5.41, 5.74) is 2.95. The van der Waals surface area contributed by atoms with E-state index in [1.165, 1.54) is 0 Å². The number of fused-ring (bicyclic) bond motifs is 1. The number of aromatic amines is 1. The second-order valence-electron chi connectivity index (χ2n) is 3.59. The predicted octanol–water partition coefficient (Wildman–Crippen LogP) is 2.49. The highest BCUT2D eigenvalue weighted by atomic mass is 15.1. The molecule has 0 unspecified atom stereocenters. The third-order valence-electron chi connectivity index (χ3n) is 2.64. The molecule has 2 rings (SSSR count). The van der Waals surface area contributed by atoms with Crippen molar-refractivity contribution < 1.29 is 0 Å². The molecule has 0 aromatic carbocycles. The second-order valence-corrected chi connectivity index (χ2v) is 3.59. The van der Waals surface area contributed by atoms with Gasteiger partial charge in [0, 0.05) is 25.2 Å². The molecule has 0 atom stereocenters. The highest BCUT2D eigenvalue weighted by molar-refractivity contribution is 5.80. The lowest BCUT2D eigenvalue weighted by atomic mass is 10.3. The zero-order valence-corrected chi connectivity index (χ0v) is 9.12. The first-order valence-corrected chi connectivity index (χ1v) is 5.06. The maximum Gasteiger partial charge on any atom is 0.137 e. The third-order valence-corrected chi connectivity index (χ3v) is 2.64. The van der Waals surface area contributed by atoms with Crippen molar-refractivity contribution >= 4 is 16.7 Å². The van der Waals surface area contributed by atoms with Crippen molar-refractivity contribution in [1.82, 2.24) is 14.9 Å². The lowest BCUT2D eigenvalue weighted by molar-refractivity contribution is 0.509. The molecule has 0 saturated carbocycles. The summed E-state index contributed by atoms with van der Waals surface area (Å²) in [4.78, 5) is 9.61. The average molecular weight is 201 g/mol. The van der Waals surface area contributed by atoms with Crippen molar-refractivity contribution in [3.63, 3.8) is 0 Å². The van der Waals surface area contributed by atoms with Crippen LogP contribution < -0.4 is 0 Å². The first-order valence-electron chi connectivity index (χ1n) is 5.06. The molecule has 0 amide bonds. The summed E-state index contributed by atoms with van der Waals surface area (Å²) in [7, 11) is 2.03. The Labute approximate surface area is 89.4 Å². The zero-order chi connectivity index (χ0) is 10.8. The van der Waals surface area contributed by atoms with E-state index in [9.17, 15) is 0 Å². The van der Waals surface area contributed by atoms with E-state index in [-0.39, 0.29) is 0 Å². The van der Waals surface area contributed by atoms with Gasteiger partial charge in [0.05, 0.1) is 11.4 Å². The van der Waals surface area contributed by atoms with Crippen LogP contribution in [0.3, 0.4) is 0 Å². The van der Waals surface area contributed by atoms with Gasteiger partial charge in [0.1, 0.15) is 5.65 Å². The summed E-state index contributed by atoms with van der Waals surface area (Å²) < 4.78 is 0. The molecule has 0 aliphatic heterocycles. The van der Waals surface area contributed by atoms with Crippen LogP contribution in [-0.2, 0) is 0 Å². The fourth-order valence-electron chi connectivity index (χ4n) is 1.51. The van der Waals surface area contributed by atoms with E-state index in [4.69, 9.17) is 0 Å². The third kappa shape index (κ3) is 1.73. The van der Waals surface area contributed by atoms with Crippen LogP contribution in [0.4, 0.5) is 0 Å². The molecule has 0 aliphatic carbocycles. The molecular weight excluding hydrogens is 186 g/mol. The summed E-state index contributed by atoms with van der Waals surface area (Å²) >= 11 is 0. The average Bonchev–Trinajstić information content (AvgIpc) is 2.70. The van der Waals surface area contributed by atoms with Crippen LogP contribution in [0.2, 0.25) is 0 Å². The first-order chi connectivity index (χ1) is 7.22. The zero-order valence-electron chi connectivity index (χ0n) is 9.12. The van der Waals surface area contributed by atoms with E-state index in [0.29, 0.717) is 0 Å². The van der Waals surface area contributed by atoms with Crippen molar-refractivity contribution in [3.05, 3.63) is 36.7 Å². The van der Waals surface area contributed by atoms with E-state index < -0.39 is 0 Å². The van der Waals surface area contributed by atoms with Gasteiger partial charge in [-0.2, -0.15) is 0 Å². The number of aromatic nitrogens is 2. The molecular formula is C12H15N3. The number of hydrogen-bond donors (Lipinski definition) is 1. The van der Waals surface area contributed by atoms with E-state index in [0.717, 1.165) is 29.0 Å². The molecule has 15 heavy (non-hydrogen) atoms. The highest BCUT2D eigenvalue weighted by Crippen LogP contribution is 2.19. The van der Waals surface area contributed by atoms with Crippen molar-refractivity contribution in [1.29, 1.82) is 0 Å². The van der Waals surface area contributed by atoms with Gasteiger partial charge in [0.25, 0.3) is 0 Å². The monoisotopic (exact) mass is 201 g/mol. The molecule has 0 bridgehead atoms. The van der Waals surface area contributed by atoms with Gasteiger partial charge in [-0.05, 0) is 25.1 Å². The summed E-state index contributed by atoms with van der Waals surface area (Å²) in [6.07, 6.45) is 1.79. The second kappa shape index (κ2) is 3.77. The van der Waals surface area contributed by atoms with E-state index in [1.807, 2.05) is 19.2 Å². The van der Waals surface area contributed by atoms with Crippen LogP contribution >= 0.6 is 0 Å². The Morgan fingerprint density at radius 2 is 2.40 bits per heavy atom. The van der Waals surface area contributed by atoms with Gasteiger partial charge in [-0.1, -0.05) is 6.58 Å². The normalized spacial score (nSPS) is 10.5. The minimum atomic E-state index is 0.915. The van der Waals surface area contributed by atoms with Crippen molar-refractivity contribution in [3.8, 4) is 0 Å². The molecule has 78 valence electrons. The number of H-pyrrole nitrogens is 1. The fourth-order valence-corrected chi connectivity index (χ4v) is 1.51. The molecule has 0 aliphatic rings. The van der Waals surface area contributed by atoms with Gasteiger partial charge in [-0.15, -0.1) is 0 Å². The van der Waals surface area contributed by atoms with Gasteiger partial charge in [-0.3, -0.25) is 0 Å². The van der Waals surface area contributed by atoms with E-state index in [2.05, 4.69) is 34.4 Å². The molecule has 0 fully saturated rings. The molecule has 3 nitrogen and oxygen atoms in total. The molecule has 3 heteroatoms. The standard InChI is InChI=1S/C12H15N3/c1-4-15(3)9(2)11-8-10-6-5-7-13-12(10)14-11/h5-8H,2,4H2,1,3H3,(H,13,14). The molecule has 0 spiro atoms. The summed E-state index contributed by atoms with van der Waals surface area (Å²) in [5, 5.41) is 1.12. The Balaban J connectivity index is 2.41. The molecule has 2 aromatic rings. The highest BCUT2D eigenvalue weighted by Gasteiger charge is 2.06. The first kappa shape index (κ1) is 9.77. The fraction of sp³-hybridized carbons (Fsp3) is 0.250. The van der Waals surface area contributed by atoms with Crippen molar-refractivity contribution in [2.75, 3.05) is 13.6 Å². The molecule has 0 radical (unpaired) electrons. The number of rotatable bonds is 3. The van der Waals surface area contributed by atoms with Gasteiger partial charge < -0.3 is 9.88 Å². The lowest BCUT2D eigenvalue weighted by Crippen LogP contribution is -2.14. The number of hydrogen-bond acceptors (Lipinski definition) is 2. The number of nitrogens with zero attached hydrogens (tertiary/aromatic N) is 2. The Bertz CT molecular complexity index is 451. The van der Waals surface area contributed by atoms with Gasteiger partial charge in [0.15, 0.2) is 0 Å². The predicted molar refractivity (Wildman–Crippen MR) is 63.4 cm³/mol. The summed E-state index contributed by atoms with van der Waals surface area (Å²) in [6.45, 7) is 7.11. The topological polar surface area (TPSA) is 31.9 Å². The largest absolute Gasteiger partial charge is 0.374 e. The number of pyridine rings is 1. The van der Waals surface area contributed by atoms with Crippen LogP contribution in [-0.4, -0.2) is 28.5 Å². The smallest absolute Gasteiger partial charge is 0.137 e.